The highest BCUT2D eigenvalue weighted by Crippen LogP contribution is 2.18. The van der Waals surface area contributed by atoms with E-state index in [9.17, 15) is 0 Å². The Morgan fingerprint density at radius 1 is 1.60 bits per heavy atom. The molecule has 80 valence electrons. The molecule has 0 bridgehead atoms. The summed E-state index contributed by atoms with van der Waals surface area (Å²) in [6, 6.07) is 4.81. The van der Waals surface area contributed by atoms with Gasteiger partial charge in [-0.1, -0.05) is 18.2 Å². The van der Waals surface area contributed by atoms with E-state index in [4.69, 9.17) is 0 Å². The van der Waals surface area contributed by atoms with E-state index in [1.54, 1.807) is 0 Å². The fraction of sp³-hybridized carbons (Fsp3) is 0.462. The summed E-state index contributed by atoms with van der Waals surface area (Å²) in [5.74, 6) is 0. The molecule has 15 heavy (non-hydrogen) atoms. The lowest BCUT2D eigenvalue weighted by molar-refractivity contribution is 0.313. The molecule has 0 N–H and O–H groups in total. The highest BCUT2D eigenvalue weighted by atomic mass is 15.1. The topological polar surface area (TPSA) is 16.1 Å². The van der Waals surface area contributed by atoms with Gasteiger partial charge >= 0.3 is 0 Å². The smallest absolute Gasteiger partial charge is 0.0340 e. The summed E-state index contributed by atoms with van der Waals surface area (Å²) in [5.41, 5.74) is 1.19. The molecule has 0 amide bonds. The second-order valence-electron chi connectivity index (χ2n) is 4.20. The van der Waals surface area contributed by atoms with Crippen molar-refractivity contribution in [3.8, 4) is 0 Å². The van der Waals surface area contributed by atoms with Crippen LogP contribution in [-0.4, -0.2) is 29.5 Å². The largest absolute Gasteiger partial charge is 0.303 e. The number of hydrogen-bond donors (Lipinski definition) is 0. The molecule has 0 spiro atoms. The SMILES string of the molecule is CN1CCCC1CC=Cc1cccnc1. The van der Waals surface area contributed by atoms with E-state index in [0.717, 1.165) is 12.5 Å². The normalized spacial score (nSPS) is 22.6. The summed E-state index contributed by atoms with van der Waals surface area (Å²) in [5, 5.41) is 0. The summed E-state index contributed by atoms with van der Waals surface area (Å²) in [6.45, 7) is 1.26. The molecule has 0 aromatic carbocycles. The van der Waals surface area contributed by atoms with Crippen LogP contribution in [0.5, 0.6) is 0 Å². The van der Waals surface area contributed by atoms with Gasteiger partial charge in [0.15, 0.2) is 0 Å². The Labute approximate surface area is 91.6 Å². The maximum absolute atomic E-state index is 4.09. The Balaban J connectivity index is 1.85. The van der Waals surface area contributed by atoms with Crippen LogP contribution < -0.4 is 0 Å². The van der Waals surface area contributed by atoms with Crippen molar-refractivity contribution in [2.75, 3.05) is 13.6 Å². The molecule has 2 rings (SSSR count). The van der Waals surface area contributed by atoms with E-state index in [1.807, 2.05) is 18.5 Å². The molecule has 2 nitrogen and oxygen atoms in total. The van der Waals surface area contributed by atoms with Gasteiger partial charge in [0.05, 0.1) is 0 Å². The quantitative estimate of drug-likeness (QED) is 0.749. The summed E-state index contributed by atoms with van der Waals surface area (Å²) >= 11 is 0. The van der Waals surface area contributed by atoms with Gasteiger partial charge in [-0.2, -0.15) is 0 Å². The van der Waals surface area contributed by atoms with Crippen molar-refractivity contribution < 1.29 is 0 Å². The molecule has 1 atom stereocenters. The van der Waals surface area contributed by atoms with Gasteiger partial charge in [0.1, 0.15) is 0 Å². The molecule has 0 radical (unpaired) electrons. The van der Waals surface area contributed by atoms with Crippen LogP contribution in [0.1, 0.15) is 24.8 Å². The Kier molecular flexibility index (Phi) is 3.51. The van der Waals surface area contributed by atoms with E-state index < -0.39 is 0 Å². The van der Waals surface area contributed by atoms with Gasteiger partial charge in [-0.3, -0.25) is 4.98 Å². The van der Waals surface area contributed by atoms with Gasteiger partial charge in [-0.15, -0.1) is 0 Å². The molecule has 1 aromatic heterocycles. The fourth-order valence-corrected chi connectivity index (χ4v) is 2.11. The zero-order chi connectivity index (χ0) is 10.5. The molecule has 0 aliphatic carbocycles. The van der Waals surface area contributed by atoms with Crippen LogP contribution >= 0.6 is 0 Å². The lowest BCUT2D eigenvalue weighted by Gasteiger charge is -2.16. The second-order valence-corrected chi connectivity index (χ2v) is 4.20. The van der Waals surface area contributed by atoms with Crippen LogP contribution in [0.15, 0.2) is 30.6 Å². The van der Waals surface area contributed by atoms with Crippen molar-refractivity contribution in [3.63, 3.8) is 0 Å². The molecule has 0 saturated carbocycles. The summed E-state index contributed by atoms with van der Waals surface area (Å²) in [4.78, 5) is 6.54. The highest BCUT2D eigenvalue weighted by Gasteiger charge is 2.18. The molecule has 1 aliphatic rings. The number of rotatable bonds is 3. The van der Waals surface area contributed by atoms with Crippen LogP contribution in [0.3, 0.4) is 0 Å². The molecule has 2 heterocycles. The lowest BCUT2D eigenvalue weighted by Crippen LogP contribution is -2.23. The maximum Gasteiger partial charge on any atom is 0.0340 e. The Hall–Kier alpha value is -1.15. The molecule has 1 unspecified atom stereocenters. The third-order valence-electron chi connectivity index (χ3n) is 3.07. The predicted octanol–water partition coefficient (Wildman–Crippen LogP) is 2.58. The molecule has 2 heteroatoms. The number of pyridine rings is 1. The van der Waals surface area contributed by atoms with Crippen molar-refractivity contribution in [3.05, 3.63) is 36.2 Å². The van der Waals surface area contributed by atoms with E-state index in [2.05, 4.69) is 35.1 Å². The number of likely N-dealkylation sites (tertiary alicyclic amines) is 1. The first-order valence-corrected chi connectivity index (χ1v) is 5.63. The van der Waals surface area contributed by atoms with E-state index in [0.29, 0.717) is 0 Å². The second kappa shape index (κ2) is 5.08. The maximum atomic E-state index is 4.09. The summed E-state index contributed by atoms with van der Waals surface area (Å²) < 4.78 is 0. The van der Waals surface area contributed by atoms with Crippen LogP contribution in [0.2, 0.25) is 0 Å². The summed E-state index contributed by atoms with van der Waals surface area (Å²) in [7, 11) is 2.22. The monoisotopic (exact) mass is 202 g/mol. The van der Waals surface area contributed by atoms with E-state index in [-0.39, 0.29) is 0 Å². The molecular formula is C13H18N2. The zero-order valence-electron chi connectivity index (χ0n) is 9.26. The first-order valence-electron chi connectivity index (χ1n) is 5.63. The highest BCUT2D eigenvalue weighted by molar-refractivity contribution is 5.47. The van der Waals surface area contributed by atoms with Crippen LogP contribution in [0, 0.1) is 0 Å². The van der Waals surface area contributed by atoms with E-state index in [1.165, 1.54) is 24.9 Å². The van der Waals surface area contributed by atoms with Gasteiger partial charge in [0.25, 0.3) is 0 Å². The standard InChI is InChI=1S/C13H18N2/c1-15-10-4-8-13(15)7-2-5-12-6-3-9-14-11-12/h2-3,5-6,9,11,13H,4,7-8,10H2,1H3. The summed E-state index contributed by atoms with van der Waals surface area (Å²) in [6.07, 6.45) is 12.0. The minimum absolute atomic E-state index is 0.748. The van der Waals surface area contributed by atoms with Gasteiger partial charge in [-0.25, -0.2) is 0 Å². The van der Waals surface area contributed by atoms with E-state index >= 15 is 0 Å². The van der Waals surface area contributed by atoms with Crippen molar-refractivity contribution in [1.29, 1.82) is 0 Å². The third kappa shape index (κ3) is 2.90. The Bertz CT molecular complexity index is 319. The predicted molar refractivity (Wildman–Crippen MR) is 63.5 cm³/mol. The van der Waals surface area contributed by atoms with Gasteiger partial charge in [0, 0.05) is 18.4 Å². The molecule has 1 fully saturated rings. The van der Waals surface area contributed by atoms with Crippen molar-refractivity contribution >= 4 is 6.08 Å². The molecular weight excluding hydrogens is 184 g/mol. The number of hydrogen-bond acceptors (Lipinski definition) is 2. The minimum Gasteiger partial charge on any atom is -0.303 e. The molecule has 1 saturated heterocycles. The van der Waals surface area contributed by atoms with Crippen LogP contribution in [0.4, 0.5) is 0 Å². The van der Waals surface area contributed by atoms with Gasteiger partial charge < -0.3 is 4.90 Å². The van der Waals surface area contributed by atoms with Crippen LogP contribution in [-0.2, 0) is 0 Å². The number of aromatic nitrogens is 1. The van der Waals surface area contributed by atoms with Crippen molar-refractivity contribution in [1.82, 2.24) is 9.88 Å². The van der Waals surface area contributed by atoms with Crippen molar-refractivity contribution in [2.24, 2.45) is 0 Å². The van der Waals surface area contributed by atoms with Crippen molar-refractivity contribution in [2.45, 2.75) is 25.3 Å². The van der Waals surface area contributed by atoms with Gasteiger partial charge in [-0.05, 0) is 44.5 Å². The van der Waals surface area contributed by atoms with Crippen LogP contribution in [0.25, 0.3) is 6.08 Å². The third-order valence-corrected chi connectivity index (χ3v) is 3.07. The first-order chi connectivity index (χ1) is 7.36. The molecule has 1 aromatic rings. The Morgan fingerprint density at radius 3 is 3.20 bits per heavy atom. The Morgan fingerprint density at radius 2 is 2.53 bits per heavy atom. The average Bonchev–Trinajstić information content (AvgIpc) is 2.66. The zero-order valence-corrected chi connectivity index (χ0v) is 9.26. The molecule has 1 aliphatic heterocycles. The minimum atomic E-state index is 0.748. The lowest BCUT2D eigenvalue weighted by atomic mass is 10.1. The van der Waals surface area contributed by atoms with Gasteiger partial charge in [0.2, 0.25) is 0 Å². The first kappa shape index (κ1) is 10.4. The fourth-order valence-electron chi connectivity index (χ4n) is 2.11. The average molecular weight is 202 g/mol. The number of nitrogens with zero attached hydrogens (tertiary/aromatic N) is 2.